The van der Waals surface area contributed by atoms with Crippen molar-refractivity contribution in [2.24, 2.45) is 0 Å². The summed E-state index contributed by atoms with van der Waals surface area (Å²) in [5.74, 6) is 0.884. The molecule has 1 heterocycles. The van der Waals surface area contributed by atoms with Gasteiger partial charge in [-0.3, -0.25) is 4.90 Å². The number of unbranched alkanes of at least 4 members (excludes halogenated alkanes) is 2. The number of benzene rings is 1. The third-order valence-electron chi connectivity index (χ3n) is 3.53. The summed E-state index contributed by atoms with van der Waals surface area (Å²) in [6.45, 7) is 4.12. The lowest BCUT2D eigenvalue weighted by atomic mass is 10.1. The quantitative estimate of drug-likeness (QED) is 0.758. The van der Waals surface area contributed by atoms with Gasteiger partial charge in [-0.25, -0.2) is 0 Å². The molecule has 4 nitrogen and oxygen atoms in total. The van der Waals surface area contributed by atoms with E-state index in [9.17, 15) is 0 Å². The first kappa shape index (κ1) is 15.7. The number of aliphatic hydroxyl groups excluding tert-OH is 1. The molecule has 1 N–H and O–H groups in total. The molecule has 0 saturated carbocycles. The van der Waals surface area contributed by atoms with Gasteiger partial charge in [-0.2, -0.15) is 0 Å². The lowest BCUT2D eigenvalue weighted by Crippen LogP contribution is -2.18. The standard InChI is InChI=1S/C17H24N2O2/c1-14-6-8-15(9-7-14)17-12-16(21-18-17)13-19(2)10-4-3-5-11-20/h6-9,12,20H,3-5,10-11,13H2,1-2H3. The van der Waals surface area contributed by atoms with Crippen molar-refractivity contribution in [2.45, 2.75) is 32.7 Å². The Bertz CT molecular complexity index is 534. The Balaban J connectivity index is 1.86. The maximum absolute atomic E-state index is 8.76. The molecule has 1 aromatic heterocycles. The summed E-state index contributed by atoms with van der Waals surface area (Å²) in [4.78, 5) is 2.22. The Morgan fingerprint density at radius 3 is 2.62 bits per heavy atom. The molecule has 2 aromatic rings. The molecular formula is C17H24N2O2. The van der Waals surface area contributed by atoms with Crippen LogP contribution in [0.4, 0.5) is 0 Å². The van der Waals surface area contributed by atoms with Gasteiger partial charge < -0.3 is 9.63 Å². The lowest BCUT2D eigenvalue weighted by Gasteiger charge is -2.13. The minimum Gasteiger partial charge on any atom is -0.396 e. The van der Waals surface area contributed by atoms with Crippen molar-refractivity contribution in [2.75, 3.05) is 20.2 Å². The second-order valence-corrected chi connectivity index (χ2v) is 5.57. The summed E-state index contributed by atoms with van der Waals surface area (Å²) in [5, 5.41) is 12.9. The molecule has 0 aliphatic heterocycles. The Hall–Kier alpha value is -1.65. The van der Waals surface area contributed by atoms with Gasteiger partial charge in [0.25, 0.3) is 0 Å². The highest BCUT2D eigenvalue weighted by Crippen LogP contribution is 2.20. The summed E-state index contributed by atoms with van der Waals surface area (Å²) in [6, 6.07) is 10.3. The van der Waals surface area contributed by atoms with Crippen molar-refractivity contribution in [1.82, 2.24) is 10.1 Å². The van der Waals surface area contributed by atoms with Gasteiger partial charge >= 0.3 is 0 Å². The molecule has 2 rings (SSSR count). The summed E-state index contributed by atoms with van der Waals surface area (Å²) in [7, 11) is 2.08. The van der Waals surface area contributed by atoms with Gasteiger partial charge in [0.15, 0.2) is 5.76 Å². The third-order valence-corrected chi connectivity index (χ3v) is 3.53. The molecule has 0 radical (unpaired) electrons. The van der Waals surface area contributed by atoms with Gasteiger partial charge in [-0.05, 0) is 39.8 Å². The second-order valence-electron chi connectivity index (χ2n) is 5.57. The topological polar surface area (TPSA) is 49.5 Å². The normalized spacial score (nSPS) is 11.2. The molecular weight excluding hydrogens is 264 g/mol. The zero-order valence-corrected chi connectivity index (χ0v) is 12.9. The monoisotopic (exact) mass is 288 g/mol. The van der Waals surface area contributed by atoms with Crippen LogP contribution in [0.3, 0.4) is 0 Å². The van der Waals surface area contributed by atoms with Crippen molar-refractivity contribution >= 4 is 0 Å². The van der Waals surface area contributed by atoms with Crippen LogP contribution in [-0.4, -0.2) is 35.4 Å². The number of hydrogen-bond donors (Lipinski definition) is 1. The molecule has 0 atom stereocenters. The fourth-order valence-corrected chi connectivity index (χ4v) is 2.26. The molecule has 0 aliphatic carbocycles. The van der Waals surface area contributed by atoms with Crippen LogP contribution in [0.15, 0.2) is 34.9 Å². The van der Waals surface area contributed by atoms with Gasteiger partial charge in [-0.15, -0.1) is 0 Å². The predicted molar refractivity (Wildman–Crippen MR) is 83.9 cm³/mol. The molecule has 21 heavy (non-hydrogen) atoms. The number of aliphatic hydroxyl groups is 1. The van der Waals surface area contributed by atoms with E-state index in [0.29, 0.717) is 0 Å². The average Bonchev–Trinajstić information content (AvgIpc) is 2.93. The van der Waals surface area contributed by atoms with E-state index in [1.54, 1.807) is 0 Å². The maximum atomic E-state index is 8.76. The van der Waals surface area contributed by atoms with E-state index in [1.807, 2.05) is 6.07 Å². The van der Waals surface area contributed by atoms with E-state index in [1.165, 1.54) is 5.56 Å². The van der Waals surface area contributed by atoms with Gasteiger partial charge in [0, 0.05) is 18.2 Å². The highest BCUT2D eigenvalue weighted by Gasteiger charge is 2.08. The summed E-state index contributed by atoms with van der Waals surface area (Å²) in [5.41, 5.74) is 3.21. The van der Waals surface area contributed by atoms with E-state index in [4.69, 9.17) is 9.63 Å². The van der Waals surface area contributed by atoms with Crippen molar-refractivity contribution < 1.29 is 9.63 Å². The zero-order chi connectivity index (χ0) is 15.1. The molecule has 0 spiro atoms. The van der Waals surface area contributed by atoms with Crippen molar-refractivity contribution in [3.63, 3.8) is 0 Å². The molecule has 4 heteroatoms. The number of hydrogen-bond acceptors (Lipinski definition) is 4. The fraction of sp³-hybridized carbons (Fsp3) is 0.471. The summed E-state index contributed by atoms with van der Waals surface area (Å²) < 4.78 is 5.42. The highest BCUT2D eigenvalue weighted by atomic mass is 16.5. The van der Waals surface area contributed by atoms with Gasteiger partial charge in [-0.1, -0.05) is 35.0 Å². The van der Waals surface area contributed by atoms with Crippen LogP contribution < -0.4 is 0 Å². The Morgan fingerprint density at radius 2 is 1.90 bits per heavy atom. The zero-order valence-electron chi connectivity index (χ0n) is 12.9. The number of aromatic nitrogens is 1. The van der Waals surface area contributed by atoms with Gasteiger partial charge in [0.2, 0.25) is 0 Å². The van der Waals surface area contributed by atoms with E-state index >= 15 is 0 Å². The van der Waals surface area contributed by atoms with Crippen LogP contribution in [0, 0.1) is 6.92 Å². The van der Waals surface area contributed by atoms with E-state index < -0.39 is 0 Å². The molecule has 1 aromatic carbocycles. The Labute approximate surface area is 126 Å². The average molecular weight is 288 g/mol. The molecule has 0 saturated heterocycles. The van der Waals surface area contributed by atoms with Gasteiger partial charge in [0.05, 0.1) is 6.54 Å². The Kier molecular flexibility index (Phi) is 5.96. The van der Waals surface area contributed by atoms with E-state index in [-0.39, 0.29) is 6.61 Å². The van der Waals surface area contributed by atoms with E-state index in [0.717, 1.165) is 49.4 Å². The smallest absolute Gasteiger partial charge is 0.151 e. The lowest BCUT2D eigenvalue weighted by molar-refractivity contribution is 0.255. The maximum Gasteiger partial charge on any atom is 0.151 e. The first-order chi connectivity index (χ1) is 10.2. The molecule has 0 amide bonds. The minimum atomic E-state index is 0.283. The number of aryl methyl sites for hydroxylation is 1. The van der Waals surface area contributed by atoms with Crippen molar-refractivity contribution in [3.05, 3.63) is 41.7 Å². The summed E-state index contributed by atoms with van der Waals surface area (Å²) in [6.07, 6.45) is 3.04. The van der Waals surface area contributed by atoms with Gasteiger partial charge in [0.1, 0.15) is 5.69 Å². The van der Waals surface area contributed by atoms with Crippen LogP contribution >= 0.6 is 0 Å². The molecule has 0 bridgehead atoms. The van der Waals surface area contributed by atoms with Crippen LogP contribution in [0.25, 0.3) is 11.3 Å². The summed E-state index contributed by atoms with van der Waals surface area (Å²) >= 11 is 0. The van der Waals surface area contributed by atoms with Crippen LogP contribution in [0.5, 0.6) is 0 Å². The fourth-order valence-electron chi connectivity index (χ4n) is 2.26. The second kappa shape index (κ2) is 7.96. The Morgan fingerprint density at radius 1 is 1.14 bits per heavy atom. The molecule has 0 unspecified atom stereocenters. The van der Waals surface area contributed by atoms with Crippen molar-refractivity contribution in [1.29, 1.82) is 0 Å². The molecule has 0 aliphatic rings. The SMILES string of the molecule is Cc1ccc(-c2cc(CN(C)CCCCCO)on2)cc1. The third kappa shape index (κ3) is 4.99. The highest BCUT2D eigenvalue weighted by molar-refractivity contribution is 5.59. The number of nitrogens with zero attached hydrogens (tertiary/aromatic N) is 2. The van der Waals surface area contributed by atoms with Crippen LogP contribution in [0.2, 0.25) is 0 Å². The number of rotatable bonds is 8. The molecule has 0 fully saturated rings. The first-order valence-corrected chi connectivity index (χ1v) is 7.51. The van der Waals surface area contributed by atoms with Crippen LogP contribution in [-0.2, 0) is 6.54 Å². The predicted octanol–water partition coefficient (Wildman–Crippen LogP) is 3.24. The minimum absolute atomic E-state index is 0.283. The van der Waals surface area contributed by atoms with Crippen molar-refractivity contribution in [3.8, 4) is 11.3 Å². The molecule has 114 valence electrons. The largest absolute Gasteiger partial charge is 0.396 e. The van der Waals surface area contributed by atoms with E-state index in [2.05, 4.69) is 48.3 Å². The first-order valence-electron chi connectivity index (χ1n) is 7.51. The van der Waals surface area contributed by atoms with Crippen LogP contribution in [0.1, 0.15) is 30.6 Å².